The maximum atomic E-state index is 12.4. The van der Waals surface area contributed by atoms with E-state index in [4.69, 9.17) is 5.11 Å². The molecule has 1 aromatic carbocycles. The first-order valence-electron chi connectivity index (χ1n) is 7.46. The van der Waals surface area contributed by atoms with Crippen LogP contribution in [0.25, 0.3) is 0 Å². The van der Waals surface area contributed by atoms with Gasteiger partial charge in [-0.3, -0.25) is 14.4 Å². The minimum atomic E-state index is -0.990. The monoisotopic (exact) mass is 382 g/mol. The van der Waals surface area contributed by atoms with Crippen LogP contribution in [-0.2, 0) is 14.4 Å². The molecule has 1 fully saturated rings. The number of nitrogens with zero attached hydrogens (tertiary/aromatic N) is 1. The molecule has 2 N–H and O–H groups in total. The number of likely N-dealkylation sites (tertiary alicyclic amines) is 1. The van der Waals surface area contributed by atoms with Crippen LogP contribution in [-0.4, -0.2) is 40.9 Å². The zero-order valence-electron chi connectivity index (χ0n) is 12.8. The van der Waals surface area contributed by atoms with Gasteiger partial charge in [0.2, 0.25) is 11.8 Å². The van der Waals surface area contributed by atoms with E-state index < -0.39 is 17.9 Å². The van der Waals surface area contributed by atoms with Gasteiger partial charge in [-0.2, -0.15) is 0 Å². The lowest BCUT2D eigenvalue weighted by Crippen LogP contribution is -2.36. The van der Waals surface area contributed by atoms with Crippen LogP contribution < -0.4 is 5.32 Å². The van der Waals surface area contributed by atoms with Gasteiger partial charge in [0.1, 0.15) is 0 Å². The van der Waals surface area contributed by atoms with Crippen molar-refractivity contribution in [3.05, 3.63) is 34.3 Å². The molecule has 1 aliphatic rings. The zero-order chi connectivity index (χ0) is 17.0. The molecule has 0 aromatic heterocycles. The molecule has 23 heavy (non-hydrogen) atoms. The van der Waals surface area contributed by atoms with Crippen LogP contribution >= 0.6 is 15.9 Å². The van der Waals surface area contributed by atoms with Crippen molar-refractivity contribution in [1.82, 2.24) is 10.2 Å². The van der Waals surface area contributed by atoms with Crippen LogP contribution in [0.15, 0.2) is 28.7 Å². The molecule has 0 bridgehead atoms. The lowest BCUT2D eigenvalue weighted by molar-refractivity contribution is -0.138. The summed E-state index contributed by atoms with van der Waals surface area (Å²) in [7, 11) is 0. The summed E-state index contributed by atoms with van der Waals surface area (Å²) in [6.07, 6.45) is -0.0225. The molecule has 2 amide bonds. The van der Waals surface area contributed by atoms with Crippen LogP contribution in [0.3, 0.4) is 0 Å². The van der Waals surface area contributed by atoms with Gasteiger partial charge in [0.05, 0.1) is 18.4 Å². The van der Waals surface area contributed by atoms with Crippen molar-refractivity contribution in [1.29, 1.82) is 0 Å². The van der Waals surface area contributed by atoms with Crippen LogP contribution in [0.4, 0.5) is 0 Å². The highest BCUT2D eigenvalue weighted by Gasteiger charge is 2.34. The summed E-state index contributed by atoms with van der Waals surface area (Å²) in [6.45, 7) is 2.84. The lowest BCUT2D eigenvalue weighted by Gasteiger charge is -2.20. The van der Waals surface area contributed by atoms with Gasteiger partial charge < -0.3 is 15.3 Å². The molecule has 0 unspecified atom stereocenters. The Bertz CT molecular complexity index is 603. The highest BCUT2D eigenvalue weighted by atomic mass is 79.9. The second-order valence-corrected chi connectivity index (χ2v) is 6.46. The minimum absolute atomic E-state index is 0.0360. The van der Waals surface area contributed by atoms with Crippen molar-refractivity contribution >= 4 is 33.7 Å². The number of nitrogens with one attached hydrogen (secondary N) is 1. The summed E-state index contributed by atoms with van der Waals surface area (Å²) in [5.74, 6) is -1.72. The highest BCUT2D eigenvalue weighted by Crippen LogP contribution is 2.23. The molecule has 6 nitrogen and oxygen atoms in total. The second-order valence-electron chi connectivity index (χ2n) is 5.54. The van der Waals surface area contributed by atoms with Gasteiger partial charge in [-0.15, -0.1) is 0 Å². The molecule has 0 spiro atoms. The summed E-state index contributed by atoms with van der Waals surface area (Å²) < 4.78 is 0.877. The van der Waals surface area contributed by atoms with Crippen molar-refractivity contribution in [2.45, 2.75) is 25.8 Å². The molecule has 7 heteroatoms. The Morgan fingerprint density at radius 2 is 2.04 bits per heavy atom. The Morgan fingerprint density at radius 3 is 2.57 bits per heavy atom. The van der Waals surface area contributed by atoms with Gasteiger partial charge in [0.15, 0.2) is 0 Å². The Balaban J connectivity index is 2.08. The maximum Gasteiger partial charge on any atom is 0.305 e. The van der Waals surface area contributed by atoms with Crippen LogP contribution in [0.1, 0.15) is 31.4 Å². The van der Waals surface area contributed by atoms with E-state index in [1.54, 1.807) is 29.2 Å². The number of amides is 2. The Kier molecular flexibility index (Phi) is 5.76. The van der Waals surface area contributed by atoms with E-state index in [9.17, 15) is 14.4 Å². The zero-order valence-corrected chi connectivity index (χ0v) is 14.4. The maximum absolute atomic E-state index is 12.4. The largest absolute Gasteiger partial charge is 0.481 e. The third-order valence-electron chi connectivity index (χ3n) is 3.93. The number of carbonyl (C=O) groups is 3. The van der Waals surface area contributed by atoms with Gasteiger partial charge in [0, 0.05) is 24.0 Å². The van der Waals surface area contributed by atoms with E-state index in [1.807, 2.05) is 6.92 Å². The summed E-state index contributed by atoms with van der Waals surface area (Å²) in [5, 5.41) is 11.9. The third-order valence-corrected chi connectivity index (χ3v) is 4.46. The van der Waals surface area contributed by atoms with E-state index in [0.29, 0.717) is 13.1 Å². The molecule has 1 aliphatic heterocycles. The van der Waals surface area contributed by atoms with E-state index in [1.165, 1.54) is 0 Å². The van der Waals surface area contributed by atoms with Gasteiger partial charge in [-0.05, 0) is 24.6 Å². The summed E-state index contributed by atoms with van der Waals surface area (Å²) in [4.78, 5) is 36.8. The van der Waals surface area contributed by atoms with Gasteiger partial charge >= 0.3 is 5.97 Å². The number of benzene rings is 1. The first-order valence-corrected chi connectivity index (χ1v) is 8.25. The molecule has 1 saturated heterocycles. The van der Waals surface area contributed by atoms with E-state index in [2.05, 4.69) is 21.2 Å². The average molecular weight is 383 g/mol. The molecule has 1 aromatic rings. The number of hydrogen-bond acceptors (Lipinski definition) is 3. The van der Waals surface area contributed by atoms with E-state index in [-0.39, 0.29) is 24.7 Å². The summed E-state index contributed by atoms with van der Waals surface area (Å²) in [5.41, 5.74) is 0.723. The number of halogens is 1. The van der Waals surface area contributed by atoms with Crippen LogP contribution in [0.2, 0.25) is 0 Å². The Morgan fingerprint density at radius 1 is 1.39 bits per heavy atom. The minimum Gasteiger partial charge on any atom is -0.481 e. The molecular formula is C16H19BrN2O4. The quantitative estimate of drug-likeness (QED) is 0.786. The molecule has 0 radical (unpaired) electrons. The van der Waals surface area contributed by atoms with Gasteiger partial charge in [-0.1, -0.05) is 28.1 Å². The number of aliphatic carboxylic acids is 1. The molecule has 0 saturated carbocycles. The van der Waals surface area contributed by atoms with Crippen molar-refractivity contribution in [2.75, 3.05) is 13.1 Å². The number of carboxylic acids is 1. The second kappa shape index (κ2) is 7.59. The van der Waals surface area contributed by atoms with Crippen LogP contribution in [0.5, 0.6) is 0 Å². The van der Waals surface area contributed by atoms with E-state index in [0.717, 1.165) is 10.0 Å². The topological polar surface area (TPSA) is 86.7 Å². The molecular weight excluding hydrogens is 364 g/mol. The molecule has 2 atom stereocenters. The fourth-order valence-electron chi connectivity index (χ4n) is 2.66. The van der Waals surface area contributed by atoms with Crippen molar-refractivity contribution < 1.29 is 19.5 Å². The smallest absolute Gasteiger partial charge is 0.305 e. The van der Waals surface area contributed by atoms with Gasteiger partial charge in [-0.25, -0.2) is 0 Å². The number of hydrogen-bond donors (Lipinski definition) is 2. The standard InChI is InChI=1S/C16H19BrN2O4/c1-2-19-9-11(7-14(19)20)16(23)18-13(8-15(21)22)10-3-5-12(17)6-4-10/h3-6,11,13H,2,7-9H2,1H3,(H,18,23)(H,21,22)/t11-,13-/m0/s1. The lowest BCUT2D eigenvalue weighted by atomic mass is 10.0. The van der Waals surface area contributed by atoms with Crippen LogP contribution in [0, 0.1) is 5.92 Å². The van der Waals surface area contributed by atoms with Crippen molar-refractivity contribution in [3.63, 3.8) is 0 Å². The summed E-state index contributed by atoms with van der Waals surface area (Å²) in [6, 6.07) is 6.54. The highest BCUT2D eigenvalue weighted by molar-refractivity contribution is 9.10. The SMILES string of the molecule is CCN1C[C@@H](C(=O)N[C@@H](CC(=O)O)c2ccc(Br)cc2)CC1=O. The number of rotatable bonds is 6. The first kappa shape index (κ1) is 17.5. The first-order chi connectivity index (χ1) is 10.9. The van der Waals surface area contributed by atoms with Gasteiger partial charge in [0.25, 0.3) is 0 Å². The number of carbonyl (C=O) groups excluding carboxylic acids is 2. The van der Waals surface area contributed by atoms with Crippen molar-refractivity contribution in [2.24, 2.45) is 5.92 Å². The Hall–Kier alpha value is -1.89. The fraction of sp³-hybridized carbons (Fsp3) is 0.438. The predicted octanol–water partition coefficient (Wildman–Crippen LogP) is 1.95. The molecule has 0 aliphatic carbocycles. The third kappa shape index (κ3) is 4.54. The van der Waals surface area contributed by atoms with Crippen molar-refractivity contribution in [3.8, 4) is 0 Å². The van der Waals surface area contributed by atoms with E-state index >= 15 is 0 Å². The molecule has 1 heterocycles. The fourth-order valence-corrected chi connectivity index (χ4v) is 2.93. The summed E-state index contributed by atoms with van der Waals surface area (Å²) >= 11 is 3.32. The Labute approximate surface area is 143 Å². The number of carboxylic acid groups (broad SMARTS) is 1. The normalized spacial score (nSPS) is 18.8. The molecule has 2 rings (SSSR count). The average Bonchev–Trinajstić information content (AvgIpc) is 2.88. The molecule has 124 valence electrons. The predicted molar refractivity (Wildman–Crippen MR) is 87.6 cm³/mol.